The highest BCUT2D eigenvalue weighted by Crippen LogP contribution is 2.26. The number of halogens is 2. The van der Waals surface area contributed by atoms with Gasteiger partial charge in [-0.25, -0.2) is 0 Å². The van der Waals surface area contributed by atoms with Crippen molar-refractivity contribution in [3.8, 4) is 5.75 Å². The SMILES string of the molecule is O=C(CCOc1ccccc1)Cc1cccc(Cl)c1Cl. The van der Waals surface area contributed by atoms with E-state index in [1.54, 1.807) is 12.1 Å². The van der Waals surface area contributed by atoms with E-state index in [9.17, 15) is 4.79 Å². The van der Waals surface area contributed by atoms with Crippen molar-refractivity contribution in [2.45, 2.75) is 12.8 Å². The van der Waals surface area contributed by atoms with Gasteiger partial charge < -0.3 is 4.74 Å². The zero-order chi connectivity index (χ0) is 14.4. The van der Waals surface area contributed by atoms with E-state index in [0.29, 0.717) is 23.1 Å². The monoisotopic (exact) mass is 308 g/mol. The van der Waals surface area contributed by atoms with E-state index in [0.717, 1.165) is 11.3 Å². The minimum Gasteiger partial charge on any atom is -0.493 e. The van der Waals surface area contributed by atoms with E-state index in [1.165, 1.54) is 0 Å². The van der Waals surface area contributed by atoms with Crippen LogP contribution in [0.4, 0.5) is 0 Å². The molecule has 0 heterocycles. The summed E-state index contributed by atoms with van der Waals surface area (Å²) in [6.45, 7) is 0.362. The molecule has 2 nitrogen and oxygen atoms in total. The van der Waals surface area contributed by atoms with Gasteiger partial charge in [-0.1, -0.05) is 53.5 Å². The minimum absolute atomic E-state index is 0.0742. The second-order valence-corrected chi connectivity index (χ2v) is 5.13. The molecule has 0 saturated carbocycles. The molecule has 2 aromatic carbocycles. The lowest BCUT2D eigenvalue weighted by Crippen LogP contribution is -2.09. The van der Waals surface area contributed by atoms with Crippen molar-refractivity contribution >= 4 is 29.0 Å². The smallest absolute Gasteiger partial charge is 0.140 e. The Hall–Kier alpha value is -1.51. The molecule has 104 valence electrons. The molecule has 0 aliphatic rings. The third-order valence-corrected chi connectivity index (χ3v) is 3.67. The lowest BCUT2D eigenvalue weighted by Gasteiger charge is -2.07. The summed E-state index contributed by atoms with van der Waals surface area (Å²) in [5.74, 6) is 0.839. The van der Waals surface area contributed by atoms with Crippen LogP contribution in [0, 0.1) is 0 Å². The number of ketones is 1. The van der Waals surface area contributed by atoms with Crippen molar-refractivity contribution in [3.05, 3.63) is 64.1 Å². The van der Waals surface area contributed by atoms with Crippen LogP contribution in [0.15, 0.2) is 48.5 Å². The number of carbonyl (C=O) groups excluding carboxylic acids is 1. The number of carbonyl (C=O) groups is 1. The molecule has 0 unspecified atom stereocenters. The van der Waals surface area contributed by atoms with E-state index >= 15 is 0 Å². The maximum absolute atomic E-state index is 11.9. The van der Waals surface area contributed by atoms with Gasteiger partial charge in [-0.2, -0.15) is 0 Å². The molecule has 2 aromatic rings. The summed E-state index contributed by atoms with van der Waals surface area (Å²) in [5.41, 5.74) is 0.754. The number of benzene rings is 2. The van der Waals surface area contributed by atoms with Gasteiger partial charge in [0.25, 0.3) is 0 Å². The highest BCUT2D eigenvalue weighted by Gasteiger charge is 2.09. The van der Waals surface area contributed by atoms with Crippen molar-refractivity contribution in [2.24, 2.45) is 0 Å². The van der Waals surface area contributed by atoms with Crippen molar-refractivity contribution in [1.29, 1.82) is 0 Å². The zero-order valence-corrected chi connectivity index (χ0v) is 12.3. The van der Waals surface area contributed by atoms with Crippen LogP contribution >= 0.6 is 23.2 Å². The largest absolute Gasteiger partial charge is 0.493 e. The molecule has 0 saturated heterocycles. The Labute approximate surface area is 128 Å². The molecule has 0 amide bonds. The standard InChI is InChI=1S/C16H14Cl2O2/c17-15-8-4-5-12(16(15)18)11-13(19)9-10-20-14-6-2-1-3-7-14/h1-8H,9-11H2. The summed E-state index contributed by atoms with van der Waals surface area (Å²) in [6.07, 6.45) is 0.620. The number of Topliss-reactive ketones (excluding diaryl/α,β-unsaturated/α-hetero) is 1. The summed E-state index contributed by atoms with van der Waals surface area (Å²) in [5, 5.41) is 0.920. The van der Waals surface area contributed by atoms with Crippen LogP contribution in [0.3, 0.4) is 0 Å². The molecule has 0 radical (unpaired) electrons. The van der Waals surface area contributed by atoms with Crippen LogP contribution in [-0.2, 0) is 11.2 Å². The van der Waals surface area contributed by atoms with Gasteiger partial charge in [0, 0.05) is 12.8 Å². The number of hydrogen-bond acceptors (Lipinski definition) is 2. The third kappa shape index (κ3) is 4.26. The van der Waals surface area contributed by atoms with Crippen molar-refractivity contribution in [3.63, 3.8) is 0 Å². The first kappa shape index (κ1) is 14.9. The molecular formula is C16H14Cl2O2. The molecule has 0 bridgehead atoms. The Morgan fingerprint density at radius 2 is 1.75 bits per heavy atom. The first-order chi connectivity index (χ1) is 9.66. The van der Waals surface area contributed by atoms with Crippen molar-refractivity contribution in [2.75, 3.05) is 6.61 Å². The highest BCUT2D eigenvalue weighted by atomic mass is 35.5. The average molecular weight is 309 g/mol. The van der Waals surface area contributed by atoms with E-state index < -0.39 is 0 Å². The maximum atomic E-state index is 11.9. The molecule has 0 aliphatic heterocycles. The third-order valence-electron chi connectivity index (χ3n) is 2.81. The van der Waals surface area contributed by atoms with E-state index in [-0.39, 0.29) is 12.2 Å². The predicted molar refractivity (Wildman–Crippen MR) is 81.7 cm³/mol. The topological polar surface area (TPSA) is 26.3 Å². The van der Waals surface area contributed by atoms with Gasteiger partial charge in [0.15, 0.2) is 0 Å². The second-order valence-electron chi connectivity index (χ2n) is 4.34. The van der Waals surface area contributed by atoms with Gasteiger partial charge in [0.05, 0.1) is 16.7 Å². The van der Waals surface area contributed by atoms with Crippen molar-refractivity contribution < 1.29 is 9.53 Å². The summed E-state index contributed by atoms with van der Waals surface area (Å²) in [6, 6.07) is 14.7. The number of ether oxygens (including phenoxy) is 1. The molecule has 0 aliphatic carbocycles. The maximum Gasteiger partial charge on any atom is 0.140 e. The number of para-hydroxylation sites is 1. The van der Waals surface area contributed by atoms with Crippen LogP contribution in [0.2, 0.25) is 10.0 Å². The normalized spacial score (nSPS) is 10.3. The molecule has 0 spiro atoms. The lowest BCUT2D eigenvalue weighted by atomic mass is 10.1. The summed E-state index contributed by atoms with van der Waals surface area (Å²) in [7, 11) is 0. The second kappa shape index (κ2) is 7.32. The highest BCUT2D eigenvalue weighted by molar-refractivity contribution is 6.42. The molecule has 0 N–H and O–H groups in total. The predicted octanol–water partition coefficient (Wildman–Crippen LogP) is 4.57. The van der Waals surface area contributed by atoms with E-state index in [4.69, 9.17) is 27.9 Å². The molecule has 2 rings (SSSR count). The Kier molecular flexibility index (Phi) is 5.45. The lowest BCUT2D eigenvalue weighted by molar-refractivity contribution is -0.118. The molecule has 20 heavy (non-hydrogen) atoms. The average Bonchev–Trinajstić information content (AvgIpc) is 2.45. The molecule has 0 atom stereocenters. The van der Waals surface area contributed by atoms with Gasteiger partial charge in [-0.15, -0.1) is 0 Å². The Morgan fingerprint density at radius 3 is 2.50 bits per heavy atom. The molecule has 0 fully saturated rings. The van der Waals surface area contributed by atoms with Crippen LogP contribution in [0.1, 0.15) is 12.0 Å². The van der Waals surface area contributed by atoms with Crippen LogP contribution in [-0.4, -0.2) is 12.4 Å². The number of rotatable bonds is 6. The quantitative estimate of drug-likeness (QED) is 0.781. The summed E-state index contributed by atoms with van der Waals surface area (Å²) in [4.78, 5) is 11.9. The fraction of sp³-hybridized carbons (Fsp3) is 0.188. The fourth-order valence-electron chi connectivity index (χ4n) is 1.79. The van der Waals surface area contributed by atoms with Crippen LogP contribution < -0.4 is 4.74 Å². The molecule has 0 aromatic heterocycles. The Bertz CT molecular complexity index is 582. The minimum atomic E-state index is 0.0742. The summed E-state index contributed by atoms with van der Waals surface area (Å²) >= 11 is 12.0. The first-order valence-corrected chi connectivity index (χ1v) is 7.05. The van der Waals surface area contributed by atoms with Crippen LogP contribution in [0.5, 0.6) is 5.75 Å². The Balaban J connectivity index is 1.82. The first-order valence-electron chi connectivity index (χ1n) is 6.29. The van der Waals surface area contributed by atoms with Gasteiger partial charge in [0.2, 0.25) is 0 Å². The van der Waals surface area contributed by atoms with Gasteiger partial charge in [0.1, 0.15) is 11.5 Å². The van der Waals surface area contributed by atoms with Crippen LogP contribution in [0.25, 0.3) is 0 Å². The van der Waals surface area contributed by atoms with Gasteiger partial charge in [-0.3, -0.25) is 4.79 Å². The Morgan fingerprint density at radius 1 is 1.00 bits per heavy atom. The van der Waals surface area contributed by atoms with Crippen molar-refractivity contribution in [1.82, 2.24) is 0 Å². The fourth-order valence-corrected chi connectivity index (χ4v) is 2.17. The molecule has 4 heteroatoms. The number of hydrogen-bond donors (Lipinski definition) is 0. The van der Waals surface area contributed by atoms with E-state index in [2.05, 4.69) is 0 Å². The molecular weight excluding hydrogens is 295 g/mol. The van der Waals surface area contributed by atoms with Gasteiger partial charge in [-0.05, 0) is 23.8 Å². The summed E-state index contributed by atoms with van der Waals surface area (Å²) < 4.78 is 5.49. The van der Waals surface area contributed by atoms with Gasteiger partial charge >= 0.3 is 0 Å². The van der Waals surface area contributed by atoms with E-state index in [1.807, 2.05) is 36.4 Å². The zero-order valence-electron chi connectivity index (χ0n) is 10.8.